The van der Waals surface area contributed by atoms with Crippen LogP contribution in [0.25, 0.3) is 22.3 Å². The van der Waals surface area contributed by atoms with Gasteiger partial charge in [-0.1, -0.05) is 37.3 Å². The molecule has 1 aromatic heterocycles. The number of rotatable bonds is 4. The number of aromatic hydroxyl groups is 2. The Bertz CT molecular complexity index is 1220. The van der Waals surface area contributed by atoms with Crippen LogP contribution in [0.3, 0.4) is 0 Å². The topological polar surface area (TPSA) is 167 Å². The number of phenolic OH excluding ortho intramolecular Hbond substituents is 1. The lowest BCUT2D eigenvalue weighted by Gasteiger charge is -2.39. The fourth-order valence-corrected chi connectivity index (χ4v) is 3.63. The van der Waals surface area contributed by atoms with Crippen LogP contribution < -0.4 is 10.2 Å². The van der Waals surface area contributed by atoms with Gasteiger partial charge in [0.2, 0.25) is 17.5 Å². The van der Waals surface area contributed by atoms with Crippen LogP contribution >= 0.6 is 0 Å². The van der Waals surface area contributed by atoms with Gasteiger partial charge in [0.15, 0.2) is 11.9 Å². The molecule has 0 saturated carbocycles. The van der Waals surface area contributed by atoms with E-state index in [1.165, 1.54) is 13.0 Å². The summed E-state index contributed by atoms with van der Waals surface area (Å²) in [5.74, 6) is -3.74. The van der Waals surface area contributed by atoms with Crippen LogP contribution in [0, 0.1) is 5.92 Å². The molecule has 2 heterocycles. The molecule has 1 aliphatic heterocycles. The quantitative estimate of drug-likeness (QED) is 0.397. The minimum Gasteiger partial charge on any atom is -0.507 e. The summed E-state index contributed by atoms with van der Waals surface area (Å²) >= 11 is 0. The average Bonchev–Trinajstić information content (AvgIpc) is 2.76. The van der Waals surface area contributed by atoms with Crippen LogP contribution in [0.5, 0.6) is 17.2 Å². The van der Waals surface area contributed by atoms with Crippen LogP contribution in [0.15, 0.2) is 51.7 Å². The van der Waals surface area contributed by atoms with E-state index >= 15 is 0 Å². The molecular weight excluding hydrogens is 424 g/mol. The summed E-state index contributed by atoms with van der Waals surface area (Å²) in [6.07, 6.45) is -6.03. The Labute approximate surface area is 180 Å². The molecular formula is C22H20O10. The molecule has 2 aromatic carbocycles. The van der Waals surface area contributed by atoms with Crippen LogP contribution in [0.2, 0.25) is 0 Å². The standard InChI is InChI=1S/C22H20O10/c1-9-15(24)18(27)22(32-19(9)21(28)29)30-11-7-12(23)14-13(8-11)31-20(17(26)16(14)25)10-5-3-2-4-6-10/h2-9,15,18-19,22-24,26-27H,1H3,(H,28,29)/t9-,15-,18+,19-,22+/m1/s1. The molecule has 32 heavy (non-hydrogen) atoms. The van der Waals surface area contributed by atoms with E-state index in [0.717, 1.165) is 6.07 Å². The zero-order chi connectivity index (χ0) is 23.2. The third-order valence-electron chi connectivity index (χ3n) is 5.38. The van der Waals surface area contributed by atoms with Crippen molar-refractivity contribution in [3.63, 3.8) is 0 Å². The van der Waals surface area contributed by atoms with Gasteiger partial charge < -0.3 is 39.4 Å². The third kappa shape index (κ3) is 3.64. The first-order valence-corrected chi connectivity index (χ1v) is 9.68. The Hall–Kier alpha value is -3.60. The summed E-state index contributed by atoms with van der Waals surface area (Å²) in [4.78, 5) is 24.0. The molecule has 5 atom stereocenters. The van der Waals surface area contributed by atoms with Crippen LogP contribution in [0.4, 0.5) is 0 Å². The SMILES string of the molecule is C[C@@H]1[C@@H](O)[C@H](O)[C@@H](Oc2cc(O)c3c(=O)c(O)c(-c4ccccc4)oc3c2)O[C@H]1C(=O)O. The van der Waals surface area contributed by atoms with Gasteiger partial charge in [0.25, 0.3) is 0 Å². The highest BCUT2D eigenvalue weighted by Gasteiger charge is 2.46. The van der Waals surface area contributed by atoms with E-state index in [4.69, 9.17) is 13.9 Å². The van der Waals surface area contributed by atoms with E-state index in [9.17, 15) is 35.1 Å². The number of benzene rings is 2. The number of aliphatic hydroxyl groups excluding tert-OH is 2. The van der Waals surface area contributed by atoms with Gasteiger partial charge in [0, 0.05) is 23.6 Å². The second-order valence-corrected chi connectivity index (χ2v) is 7.51. The van der Waals surface area contributed by atoms with Crippen LogP contribution in [0.1, 0.15) is 6.92 Å². The molecule has 5 N–H and O–H groups in total. The van der Waals surface area contributed by atoms with E-state index in [2.05, 4.69) is 0 Å². The van der Waals surface area contributed by atoms with Crippen molar-refractivity contribution in [2.75, 3.05) is 0 Å². The number of ether oxygens (including phenoxy) is 2. The second-order valence-electron chi connectivity index (χ2n) is 7.51. The van der Waals surface area contributed by atoms with E-state index in [1.54, 1.807) is 30.3 Å². The van der Waals surface area contributed by atoms with E-state index in [1.807, 2.05) is 0 Å². The number of fused-ring (bicyclic) bond motifs is 1. The molecule has 10 heteroatoms. The predicted octanol–water partition coefficient (Wildman–Crippen LogP) is 1.42. The molecule has 10 nitrogen and oxygen atoms in total. The summed E-state index contributed by atoms with van der Waals surface area (Å²) in [7, 11) is 0. The summed E-state index contributed by atoms with van der Waals surface area (Å²) in [5.41, 5.74) is -0.573. The zero-order valence-corrected chi connectivity index (χ0v) is 16.7. The van der Waals surface area contributed by atoms with Crippen molar-refractivity contribution in [1.29, 1.82) is 0 Å². The number of carboxylic acid groups (broad SMARTS) is 1. The number of phenols is 1. The molecule has 168 valence electrons. The average molecular weight is 444 g/mol. The molecule has 3 aromatic rings. The maximum atomic E-state index is 12.6. The molecule has 0 amide bonds. The lowest BCUT2D eigenvalue weighted by molar-refractivity contribution is -0.256. The summed E-state index contributed by atoms with van der Waals surface area (Å²) in [6, 6.07) is 10.6. The summed E-state index contributed by atoms with van der Waals surface area (Å²) in [6.45, 7) is 1.41. The van der Waals surface area contributed by atoms with Gasteiger partial charge >= 0.3 is 5.97 Å². The number of aliphatic carboxylic acids is 1. The number of hydrogen-bond donors (Lipinski definition) is 5. The van der Waals surface area contributed by atoms with Crippen LogP contribution in [-0.2, 0) is 9.53 Å². The van der Waals surface area contributed by atoms with Gasteiger partial charge in [-0.25, -0.2) is 4.79 Å². The highest BCUT2D eigenvalue weighted by Crippen LogP contribution is 2.36. The lowest BCUT2D eigenvalue weighted by Crippen LogP contribution is -2.57. The summed E-state index contributed by atoms with van der Waals surface area (Å²) < 4.78 is 16.4. The fraction of sp³-hybridized carbons (Fsp3) is 0.273. The smallest absolute Gasteiger partial charge is 0.333 e. The Morgan fingerprint density at radius 2 is 1.75 bits per heavy atom. The maximum Gasteiger partial charge on any atom is 0.333 e. The van der Waals surface area contributed by atoms with Gasteiger partial charge in [-0.05, 0) is 0 Å². The molecule has 0 bridgehead atoms. The molecule has 1 fully saturated rings. The van der Waals surface area contributed by atoms with Gasteiger partial charge in [-0.3, -0.25) is 4.79 Å². The lowest BCUT2D eigenvalue weighted by atomic mass is 9.91. The molecule has 0 aliphatic carbocycles. The highest BCUT2D eigenvalue weighted by atomic mass is 16.7. The Balaban J connectivity index is 1.75. The van der Waals surface area contributed by atoms with Crippen molar-refractivity contribution in [1.82, 2.24) is 0 Å². The third-order valence-corrected chi connectivity index (χ3v) is 5.38. The first kappa shape index (κ1) is 21.6. The van der Waals surface area contributed by atoms with Crippen molar-refractivity contribution in [3.8, 4) is 28.6 Å². The highest BCUT2D eigenvalue weighted by molar-refractivity contribution is 5.88. The van der Waals surface area contributed by atoms with Gasteiger partial charge in [0.05, 0.1) is 6.10 Å². The minimum absolute atomic E-state index is 0.121. The van der Waals surface area contributed by atoms with Crippen molar-refractivity contribution < 1.29 is 44.2 Å². The number of carbonyl (C=O) groups is 1. The molecule has 4 rings (SSSR count). The first-order chi connectivity index (χ1) is 15.2. The van der Waals surface area contributed by atoms with Gasteiger partial charge in [-0.15, -0.1) is 0 Å². The molecule has 0 radical (unpaired) electrons. The molecule has 1 aliphatic rings. The van der Waals surface area contributed by atoms with Crippen molar-refractivity contribution in [3.05, 3.63) is 52.7 Å². The van der Waals surface area contributed by atoms with Gasteiger partial charge in [-0.2, -0.15) is 0 Å². The largest absolute Gasteiger partial charge is 0.507 e. The fourth-order valence-electron chi connectivity index (χ4n) is 3.63. The number of aliphatic hydroxyl groups is 2. The maximum absolute atomic E-state index is 12.6. The van der Waals surface area contributed by atoms with Crippen molar-refractivity contribution in [2.45, 2.75) is 31.5 Å². The Morgan fingerprint density at radius 1 is 1.06 bits per heavy atom. The Kier molecular flexibility index (Phi) is 5.51. The number of carboxylic acids is 1. The van der Waals surface area contributed by atoms with Gasteiger partial charge in [0.1, 0.15) is 28.6 Å². The predicted molar refractivity (Wildman–Crippen MR) is 109 cm³/mol. The van der Waals surface area contributed by atoms with Crippen molar-refractivity contribution >= 4 is 16.9 Å². The monoisotopic (exact) mass is 444 g/mol. The van der Waals surface area contributed by atoms with E-state index < -0.39 is 53.4 Å². The van der Waals surface area contributed by atoms with E-state index in [-0.39, 0.29) is 22.5 Å². The second kappa shape index (κ2) is 8.15. The minimum atomic E-state index is -1.58. The Morgan fingerprint density at radius 3 is 2.41 bits per heavy atom. The molecule has 0 unspecified atom stereocenters. The molecule has 0 spiro atoms. The zero-order valence-electron chi connectivity index (χ0n) is 16.7. The normalized spacial score (nSPS) is 25.5. The summed E-state index contributed by atoms with van der Waals surface area (Å²) in [5, 5.41) is 50.1. The number of hydrogen-bond acceptors (Lipinski definition) is 9. The van der Waals surface area contributed by atoms with E-state index in [0.29, 0.717) is 5.56 Å². The van der Waals surface area contributed by atoms with Crippen molar-refractivity contribution in [2.24, 2.45) is 5.92 Å². The van der Waals surface area contributed by atoms with Crippen LogP contribution in [-0.4, -0.2) is 56.1 Å². The molecule has 1 saturated heterocycles. The first-order valence-electron chi connectivity index (χ1n) is 9.68.